The molecular weight excluding hydrogens is 192 g/mol. The fraction of sp³-hybridized carbons (Fsp3) is 0. The fourth-order valence-corrected chi connectivity index (χ4v) is 0.907. The molecule has 0 atom stereocenters. The molecule has 0 radical (unpaired) electrons. The Hall–Kier alpha value is -0.760. The van der Waals surface area contributed by atoms with E-state index in [9.17, 15) is 0 Å². The summed E-state index contributed by atoms with van der Waals surface area (Å²) in [5.41, 5.74) is 0.984. The summed E-state index contributed by atoms with van der Waals surface area (Å²) < 4.78 is 0.826. The summed E-state index contributed by atoms with van der Waals surface area (Å²) in [5, 5.41) is 8.89. The number of benzene rings is 1. The van der Waals surface area contributed by atoms with E-state index in [1.807, 2.05) is 0 Å². The van der Waals surface area contributed by atoms with Gasteiger partial charge in [0.05, 0.1) is 0 Å². The second-order valence-corrected chi connectivity index (χ2v) is 2.91. The van der Waals surface area contributed by atoms with Crippen LogP contribution in [0.25, 0.3) is 4.48 Å². The fourth-order valence-electron chi connectivity index (χ4n) is 0.642. The standard InChI is InChI=1S/C8H7BrO/c1-6(9)7-2-4-8(10)5-3-7/h2-5,10H,1H2. The predicted molar refractivity (Wildman–Crippen MR) is 46.1 cm³/mol. The summed E-state index contributed by atoms with van der Waals surface area (Å²) in [5.74, 6) is 0.275. The minimum absolute atomic E-state index is 0.275. The Morgan fingerprint density at radius 3 is 2.20 bits per heavy atom. The molecule has 1 N–H and O–H groups in total. The van der Waals surface area contributed by atoms with E-state index in [1.165, 1.54) is 0 Å². The van der Waals surface area contributed by atoms with Crippen molar-refractivity contribution in [1.82, 2.24) is 0 Å². The van der Waals surface area contributed by atoms with E-state index in [-0.39, 0.29) is 5.75 Å². The molecule has 1 rings (SSSR count). The maximum Gasteiger partial charge on any atom is 0.115 e. The Labute approximate surface area is 68.1 Å². The molecule has 52 valence electrons. The zero-order valence-corrected chi connectivity index (χ0v) is 6.93. The van der Waals surface area contributed by atoms with E-state index in [4.69, 9.17) is 5.11 Å². The van der Waals surface area contributed by atoms with Gasteiger partial charge in [0.1, 0.15) is 5.75 Å². The van der Waals surface area contributed by atoms with Gasteiger partial charge in [-0.05, 0) is 17.7 Å². The first-order valence-corrected chi connectivity index (χ1v) is 3.63. The van der Waals surface area contributed by atoms with Gasteiger partial charge in [0.2, 0.25) is 0 Å². The maximum absolute atomic E-state index is 8.89. The molecule has 0 amide bonds. The van der Waals surface area contributed by atoms with Crippen LogP contribution in [0.5, 0.6) is 5.75 Å². The van der Waals surface area contributed by atoms with Gasteiger partial charge in [-0.15, -0.1) is 0 Å². The van der Waals surface area contributed by atoms with E-state index < -0.39 is 0 Å². The van der Waals surface area contributed by atoms with Gasteiger partial charge < -0.3 is 5.11 Å². The molecule has 2 heteroatoms. The monoisotopic (exact) mass is 198 g/mol. The lowest BCUT2D eigenvalue weighted by Crippen LogP contribution is -1.71. The van der Waals surface area contributed by atoms with Crippen LogP contribution in [-0.4, -0.2) is 5.11 Å². The number of rotatable bonds is 1. The van der Waals surface area contributed by atoms with E-state index in [0.29, 0.717) is 0 Å². The number of phenolic OH excluding ortho intramolecular Hbond substituents is 1. The Bertz CT molecular complexity index is 238. The van der Waals surface area contributed by atoms with Gasteiger partial charge in [-0.1, -0.05) is 34.6 Å². The molecule has 10 heavy (non-hydrogen) atoms. The number of hydrogen-bond acceptors (Lipinski definition) is 1. The second kappa shape index (κ2) is 2.88. The summed E-state index contributed by atoms with van der Waals surface area (Å²) in [4.78, 5) is 0. The zero-order valence-electron chi connectivity index (χ0n) is 5.34. The van der Waals surface area contributed by atoms with Crippen LogP contribution in [0.3, 0.4) is 0 Å². The molecule has 1 aromatic rings. The first-order valence-electron chi connectivity index (χ1n) is 2.84. The molecule has 0 saturated heterocycles. The van der Waals surface area contributed by atoms with Crippen molar-refractivity contribution in [3.63, 3.8) is 0 Å². The van der Waals surface area contributed by atoms with Crippen molar-refractivity contribution in [1.29, 1.82) is 0 Å². The first kappa shape index (κ1) is 7.35. The smallest absolute Gasteiger partial charge is 0.115 e. The third-order valence-electron chi connectivity index (χ3n) is 1.18. The van der Waals surface area contributed by atoms with Crippen molar-refractivity contribution in [3.8, 4) is 5.75 Å². The molecule has 1 nitrogen and oxygen atoms in total. The van der Waals surface area contributed by atoms with Crippen molar-refractivity contribution < 1.29 is 5.11 Å². The SMILES string of the molecule is C=C(Br)c1ccc(O)cc1. The summed E-state index contributed by atoms with van der Waals surface area (Å²) in [6.45, 7) is 3.69. The van der Waals surface area contributed by atoms with Crippen molar-refractivity contribution in [2.45, 2.75) is 0 Å². The van der Waals surface area contributed by atoms with Crippen molar-refractivity contribution in [2.24, 2.45) is 0 Å². The Morgan fingerprint density at radius 1 is 1.30 bits per heavy atom. The first-order chi connectivity index (χ1) is 4.70. The molecule has 0 spiro atoms. The Balaban J connectivity index is 3.00. The third kappa shape index (κ3) is 1.61. The molecule has 0 unspecified atom stereocenters. The van der Waals surface area contributed by atoms with Crippen LogP contribution in [0, 0.1) is 0 Å². The molecule has 0 fully saturated rings. The molecule has 0 aliphatic heterocycles. The van der Waals surface area contributed by atoms with E-state index in [2.05, 4.69) is 22.5 Å². The van der Waals surface area contributed by atoms with Gasteiger partial charge in [0.25, 0.3) is 0 Å². The number of halogens is 1. The van der Waals surface area contributed by atoms with Crippen LogP contribution in [0.1, 0.15) is 5.56 Å². The summed E-state index contributed by atoms with van der Waals surface area (Å²) in [6.07, 6.45) is 0. The lowest BCUT2D eigenvalue weighted by atomic mass is 10.2. The molecule has 0 aromatic heterocycles. The summed E-state index contributed by atoms with van der Waals surface area (Å²) in [7, 11) is 0. The lowest BCUT2D eigenvalue weighted by molar-refractivity contribution is 0.475. The molecule has 0 saturated carbocycles. The molecular formula is C8H7BrO. The molecule has 1 aromatic carbocycles. The average Bonchev–Trinajstić information content (AvgIpc) is 1.88. The molecule has 0 bridgehead atoms. The van der Waals surface area contributed by atoms with Crippen LogP contribution in [0.2, 0.25) is 0 Å². The lowest BCUT2D eigenvalue weighted by Gasteiger charge is -1.95. The van der Waals surface area contributed by atoms with Crippen LogP contribution >= 0.6 is 15.9 Å². The van der Waals surface area contributed by atoms with Crippen molar-refractivity contribution in [3.05, 3.63) is 36.4 Å². The zero-order chi connectivity index (χ0) is 7.56. The largest absolute Gasteiger partial charge is 0.508 e. The van der Waals surface area contributed by atoms with Gasteiger partial charge in [0, 0.05) is 4.48 Å². The van der Waals surface area contributed by atoms with Crippen LogP contribution < -0.4 is 0 Å². The summed E-state index contributed by atoms with van der Waals surface area (Å²) >= 11 is 3.23. The number of phenols is 1. The van der Waals surface area contributed by atoms with Crippen molar-refractivity contribution in [2.75, 3.05) is 0 Å². The second-order valence-electron chi connectivity index (χ2n) is 1.95. The van der Waals surface area contributed by atoms with E-state index in [0.717, 1.165) is 10.0 Å². The summed E-state index contributed by atoms with van der Waals surface area (Å²) in [6, 6.07) is 6.85. The van der Waals surface area contributed by atoms with E-state index >= 15 is 0 Å². The van der Waals surface area contributed by atoms with Gasteiger partial charge in [-0.2, -0.15) is 0 Å². The maximum atomic E-state index is 8.89. The average molecular weight is 199 g/mol. The Kier molecular flexibility index (Phi) is 2.12. The van der Waals surface area contributed by atoms with Crippen LogP contribution in [-0.2, 0) is 0 Å². The van der Waals surface area contributed by atoms with Crippen molar-refractivity contribution >= 4 is 20.4 Å². The Morgan fingerprint density at radius 2 is 1.80 bits per heavy atom. The molecule has 0 heterocycles. The van der Waals surface area contributed by atoms with E-state index in [1.54, 1.807) is 24.3 Å². The number of hydrogen-bond donors (Lipinski definition) is 1. The normalized spacial score (nSPS) is 9.30. The van der Waals surface area contributed by atoms with Gasteiger partial charge in [0.15, 0.2) is 0 Å². The quantitative estimate of drug-likeness (QED) is 0.737. The minimum atomic E-state index is 0.275. The molecule has 0 aliphatic carbocycles. The highest BCUT2D eigenvalue weighted by atomic mass is 79.9. The van der Waals surface area contributed by atoms with Gasteiger partial charge >= 0.3 is 0 Å². The van der Waals surface area contributed by atoms with Gasteiger partial charge in [-0.3, -0.25) is 0 Å². The third-order valence-corrected chi connectivity index (χ3v) is 1.64. The van der Waals surface area contributed by atoms with Gasteiger partial charge in [-0.25, -0.2) is 0 Å². The topological polar surface area (TPSA) is 20.2 Å². The predicted octanol–water partition coefficient (Wildman–Crippen LogP) is 2.76. The number of aromatic hydroxyl groups is 1. The molecule has 0 aliphatic rings. The minimum Gasteiger partial charge on any atom is -0.508 e. The highest BCUT2D eigenvalue weighted by Crippen LogP contribution is 2.20. The van der Waals surface area contributed by atoms with Crippen LogP contribution in [0.4, 0.5) is 0 Å². The van der Waals surface area contributed by atoms with Crippen LogP contribution in [0.15, 0.2) is 30.8 Å². The highest BCUT2D eigenvalue weighted by molar-refractivity contribution is 9.15. The highest BCUT2D eigenvalue weighted by Gasteiger charge is 1.92.